The number of anilines is 1. The Morgan fingerprint density at radius 2 is 1.96 bits per heavy atom. The van der Waals surface area contributed by atoms with Crippen LogP contribution in [0.4, 0.5) is 5.69 Å². The second-order valence-electron chi connectivity index (χ2n) is 6.29. The zero-order valence-electron chi connectivity index (χ0n) is 15.4. The van der Waals surface area contributed by atoms with E-state index in [1.165, 1.54) is 32.1 Å². The highest BCUT2D eigenvalue weighted by Gasteiger charge is 2.25. The normalized spacial score (nSPS) is 14.9. The summed E-state index contributed by atoms with van der Waals surface area (Å²) in [4.78, 5) is 3.63. The van der Waals surface area contributed by atoms with Crippen LogP contribution in [0.5, 0.6) is 5.75 Å². The van der Waals surface area contributed by atoms with Crippen LogP contribution in [-0.4, -0.2) is 13.2 Å². The summed E-state index contributed by atoms with van der Waals surface area (Å²) in [5.74, 6) is 0.938. The Morgan fingerprint density at radius 3 is 2.77 bits per heavy atom. The number of benzene rings is 2. The third-order valence-electron chi connectivity index (χ3n) is 4.68. The van der Waals surface area contributed by atoms with Gasteiger partial charge in [0.05, 0.1) is 22.7 Å². The van der Waals surface area contributed by atoms with Crippen LogP contribution in [-0.2, 0) is 7.05 Å². The lowest BCUT2D eigenvalue weighted by Gasteiger charge is -2.18. The van der Waals surface area contributed by atoms with E-state index in [-0.39, 0.29) is 0 Å². The smallest absolute Gasteiger partial charge is 0.212 e. The van der Waals surface area contributed by atoms with Gasteiger partial charge in [0, 0.05) is 23.6 Å². The fraction of sp³-hybridized carbons (Fsp3) is 0.227. The maximum absolute atomic E-state index is 5.67. The maximum Gasteiger partial charge on any atom is 0.212 e. The number of aryl methyl sites for hydroxylation is 1. The molecule has 3 aromatic rings. The van der Waals surface area contributed by atoms with E-state index >= 15 is 0 Å². The lowest BCUT2D eigenvalue weighted by Crippen LogP contribution is -2.28. The minimum Gasteiger partial charge on any atom is -0.494 e. The van der Waals surface area contributed by atoms with Gasteiger partial charge in [-0.15, -0.1) is 0 Å². The standard InChI is InChI=1S/C22H23N2OS/c1-4-24-20-11-10-17(25-5-2)15-21(20)26-22(24)14-16-12-13-23(3)19-9-7-6-8-18(16)19/h6-15H,4-5H2,1-3H3/q+1. The summed E-state index contributed by atoms with van der Waals surface area (Å²) in [6.45, 7) is 5.85. The van der Waals surface area contributed by atoms with E-state index in [2.05, 4.69) is 84.2 Å². The van der Waals surface area contributed by atoms with Crippen molar-refractivity contribution in [1.82, 2.24) is 0 Å². The summed E-state index contributed by atoms with van der Waals surface area (Å²) in [7, 11) is 2.09. The van der Waals surface area contributed by atoms with Gasteiger partial charge in [-0.2, -0.15) is 0 Å². The molecule has 3 nitrogen and oxygen atoms in total. The second-order valence-corrected chi connectivity index (χ2v) is 7.35. The topological polar surface area (TPSA) is 16.4 Å². The molecule has 0 fully saturated rings. The summed E-state index contributed by atoms with van der Waals surface area (Å²) in [6, 6.07) is 17.1. The molecule has 1 aliphatic rings. The quantitative estimate of drug-likeness (QED) is 0.607. The van der Waals surface area contributed by atoms with Crippen molar-refractivity contribution in [3.8, 4) is 5.75 Å². The predicted octanol–water partition coefficient (Wildman–Crippen LogP) is 4.99. The molecule has 0 N–H and O–H groups in total. The number of thioether (sulfide) groups is 1. The molecule has 4 heteroatoms. The summed E-state index contributed by atoms with van der Waals surface area (Å²) in [5, 5.41) is 2.53. The van der Waals surface area contributed by atoms with Crippen molar-refractivity contribution in [3.05, 3.63) is 65.3 Å². The molecule has 0 unspecified atom stereocenters. The average molecular weight is 364 g/mol. The first-order chi connectivity index (χ1) is 12.7. The highest BCUT2D eigenvalue weighted by Crippen LogP contribution is 2.48. The number of hydrogen-bond donors (Lipinski definition) is 0. The molecule has 2 heterocycles. The minimum absolute atomic E-state index is 0.691. The molecule has 0 atom stereocenters. The van der Waals surface area contributed by atoms with E-state index in [4.69, 9.17) is 4.74 Å². The molecular weight excluding hydrogens is 340 g/mol. The molecule has 0 bridgehead atoms. The summed E-state index contributed by atoms with van der Waals surface area (Å²) in [6.07, 6.45) is 4.43. The van der Waals surface area contributed by atoms with Gasteiger partial charge in [-0.3, -0.25) is 0 Å². The number of nitrogens with zero attached hydrogens (tertiary/aromatic N) is 2. The van der Waals surface area contributed by atoms with Gasteiger partial charge in [-0.05, 0) is 49.8 Å². The first kappa shape index (κ1) is 17.0. The molecule has 1 aliphatic heterocycles. The molecule has 0 saturated heterocycles. The van der Waals surface area contributed by atoms with Crippen LogP contribution in [0.3, 0.4) is 0 Å². The van der Waals surface area contributed by atoms with Crippen molar-refractivity contribution in [2.75, 3.05) is 18.1 Å². The molecule has 0 amide bonds. The van der Waals surface area contributed by atoms with Crippen molar-refractivity contribution in [2.24, 2.45) is 7.05 Å². The second kappa shape index (κ2) is 7.04. The Bertz CT molecular complexity index is 997. The summed E-state index contributed by atoms with van der Waals surface area (Å²) < 4.78 is 7.84. The molecule has 26 heavy (non-hydrogen) atoms. The van der Waals surface area contributed by atoms with E-state index in [1.54, 1.807) is 0 Å². The predicted molar refractivity (Wildman–Crippen MR) is 110 cm³/mol. The van der Waals surface area contributed by atoms with E-state index in [9.17, 15) is 0 Å². The zero-order chi connectivity index (χ0) is 18.1. The SMILES string of the molecule is CCOc1ccc2c(c1)S/C(=C\c1cc[n+](C)c3ccccc13)N2CC. The Labute approximate surface area is 158 Å². The van der Waals surface area contributed by atoms with E-state index in [0.29, 0.717) is 6.61 Å². The number of ether oxygens (including phenoxy) is 1. The first-order valence-corrected chi connectivity index (χ1v) is 9.84. The lowest BCUT2D eigenvalue weighted by atomic mass is 10.1. The molecule has 0 spiro atoms. The van der Waals surface area contributed by atoms with Crippen molar-refractivity contribution < 1.29 is 9.30 Å². The van der Waals surface area contributed by atoms with E-state index < -0.39 is 0 Å². The monoisotopic (exact) mass is 363 g/mol. The molecule has 0 saturated carbocycles. The van der Waals surface area contributed by atoms with Crippen LogP contribution in [0.15, 0.2) is 64.7 Å². The van der Waals surface area contributed by atoms with Crippen molar-refractivity contribution in [3.63, 3.8) is 0 Å². The Balaban J connectivity index is 1.77. The van der Waals surface area contributed by atoms with Gasteiger partial charge in [0.1, 0.15) is 12.8 Å². The molecule has 132 valence electrons. The summed E-state index contributed by atoms with van der Waals surface area (Å²) >= 11 is 1.82. The molecule has 4 rings (SSSR count). The highest BCUT2D eigenvalue weighted by molar-refractivity contribution is 8.03. The number of hydrogen-bond acceptors (Lipinski definition) is 3. The summed E-state index contributed by atoms with van der Waals surface area (Å²) in [5.41, 5.74) is 3.75. The number of fused-ring (bicyclic) bond motifs is 2. The molecule has 1 aromatic heterocycles. The lowest BCUT2D eigenvalue weighted by molar-refractivity contribution is -0.644. The number of aromatic nitrogens is 1. The van der Waals surface area contributed by atoms with Crippen molar-refractivity contribution in [1.29, 1.82) is 0 Å². The maximum atomic E-state index is 5.67. The molecule has 0 radical (unpaired) electrons. The van der Waals surface area contributed by atoms with Crippen molar-refractivity contribution in [2.45, 2.75) is 18.7 Å². The third kappa shape index (κ3) is 2.95. The fourth-order valence-electron chi connectivity index (χ4n) is 3.42. The molecular formula is C22H23N2OS+. The van der Waals surface area contributed by atoms with Gasteiger partial charge in [0.15, 0.2) is 6.20 Å². The van der Waals surface area contributed by atoms with E-state index in [1.807, 2.05) is 18.7 Å². The number of rotatable bonds is 4. The highest BCUT2D eigenvalue weighted by atomic mass is 32.2. The fourth-order valence-corrected chi connectivity index (χ4v) is 4.63. The average Bonchev–Trinajstić information content (AvgIpc) is 3.01. The third-order valence-corrected chi connectivity index (χ3v) is 5.78. The van der Waals surface area contributed by atoms with Crippen LogP contribution >= 0.6 is 11.8 Å². The number of pyridine rings is 1. The van der Waals surface area contributed by atoms with E-state index in [0.717, 1.165) is 12.3 Å². The van der Waals surface area contributed by atoms with Gasteiger partial charge in [-0.25, -0.2) is 4.57 Å². The molecule has 0 aliphatic carbocycles. The largest absolute Gasteiger partial charge is 0.494 e. The van der Waals surface area contributed by atoms with Gasteiger partial charge in [-0.1, -0.05) is 23.9 Å². The van der Waals surface area contributed by atoms with Gasteiger partial charge >= 0.3 is 0 Å². The molecule has 2 aromatic carbocycles. The van der Waals surface area contributed by atoms with Crippen LogP contribution in [0.25, 0.3) is 17.0 Å². The Morgan fingerprint density at radius 1 is 1.12 bits per heavy atom. The van der Waals surface area contributed by atoms with Crippen LogP contribution < -0.4 is 14.2 Å². The number of para-hydroxylation sites is 1. The van der Waals surface area contributed by atoms with Gasteiger partial charge < -0.3 is 9.64 Å². The van der Waals surface area contributed by atoms with Gasteiger partial charge in [0.25, 0.3) is 0 Å². The Hall–Kier alpha value is -2.46. The van der Waals surface area contributed by atoms with Gasteiger partial charge in [0.2, 0.25) is 5.52 Å². The minimum atomic E-state index is 0.691. The first-order valence-electron chi connectivity index (χ1n) is 9.02. The van der Waals surface area contributed by atoms with Crippen LogP contribution in [0, 0.1) is 0 Å². The Kier molecular flexibility index (Phi) is 4.60. The van der Waals surface area contributed by atoms with Crippen molar-refractivity contribution >= 4 is 34.4 Å². The zero-order valence-corrected chi connectivity index (χ0v) is 16.2. The van der Waals surface area contributed by atoms with Crippen LogP contribution in [0.1, 0.15) is 19.4 Å². The van der Waals surface area contributed by atoms with Crippen LogP contribution in [0.2, 0.25) is 0 Å².